The van der Waals surface area contributed by atoms with E-state index in [1.807, 2.05) is 11.3 Å². The number of hydrogen-bond acceptors (Lipinski definition) is 3. The third-order valence-corrected chi connectivity index (χ3v) is 4.63. The Morgan fingerprint density at radius 3 is 2.65 bits per heavy atom. The molecule has 0 radical (unpaired) electrons. The minimum Gasteiger partial charge on any atom is -0.496 e. The van der Waals surface area contributed by atoms with E-state index < -0.39 is 0 Å². The lowest BCUT2D eigenvalue weighted by molar-refractivity contribution is 0.411. The third-order valence-electron chi connectivity index (χ3n) is 3.63. The van der Waals surface area contributed by atoms with Crippen LogP contribution in [0.5, 0.6) is 5.75 Å². The zero-order valence-electron chi connectivity index (χ0n) is 14.3. The maximum atomic E-state index is 5.37. The van der Waals surface area contributed by atoms with Gasteiger partial charge in [0, 0.05) is 23.3 Å². The molecule has 0 aliphatic heterocycles. The van der Waals surface area contributed by atoms with E-state index in [9.17, 15) is 0 Å². The van der Waals surface area contributed by atoms with Crippen LogP contribution in [0.1, 0.15) is 20.9 Å². The summed E-state index contributed by atoms with van der Waals surface area (Å²) in [4.78, 5) is 6.91. The molecule has 0 unspecified atom stereocenters. The summed E-state index contributed by atoms with van der Waals surface area (Å²) in [5, 5.41) is 6.69. The lowest BCUT2D eigenvalue weighted by Gasteiger charge is -2.12. The summed E-state index contributed by atoms with van der Waals surface area (Å²) in [5.74, 6) is 1.77. The Morgan fingerprint density at radius 2 is 2.00 bits per heavy atom. The number of aliphatic imine (C=N–C) groups is 1. The van der Waals surface area contributed by atoms with Crippen molar-refractivity contribution in [3.63, 3.8) is 0 Å². The van der Waals surface area contributed by atoms with Gasteiger partial charge in [-0.1, -0.05) is 12.1 Å². The molecule has 0 saturated carbocycles. The number of nitrogens with one attached hydrogen (secondary N) is 2. The highest BCUT2D eigenvalue weighted by molar-refractivity contribution is 7.11. The number of thiophene rings is 1. The molecular weight excluding hydrogens is 306 g/mol. The van der Waals surface area contributed by atoms with Crippen LogP contribution in [0.25, 0.3) is 0 Å². The zero-order valence-corrected chi connectivity index (χ0v) is 15.1. The van der Waals surface area contributed by atoms with Crippen molar-refractivity contribution < 1.29 is 4.74 Å². The standard InChI is InChI=1S/C18H25N3OS/c1-13-5-7-15(11-17(13)22-4)9-10-20-18(19-3)21-12-16-8-6-14(2)23-16/h5-8,11H,9-10,12H2,1-4H3,(H2,19,20,21). The van der Waals surface area contributed by atoms with E-state index in [0.717, 1.165) is 36.8 Å². The minimum atomic E-state index is 0.802. The molecule has 124 valence electrons. The van der Waals surface area contributed by atoms with Gasteiger partial charge in [0.05, 0.1) is 13.7 Å². The highest BCUT2D eigenvalue weighted by Crippen LogP contribution is 2.19. The highest BCUT2D eigenvalue weighted by Gasteiger charge is 2.03. The van der Waals surface area contributed by atoms with E-state index in [-0.39, 0.29) is 0 Å². The van der Waals surface area contributed by atoms with Crippen LogP contribution in [-0.4, -0.2) is 26.7 Å². The molecule has 0 fully saturated rings. The lowest BCUT2D eigenvalue weighted by Crippen LogP contribution is -2.37. The van der Waals surface area contributed by atoms with Gasteiger partial charge in [-0.25, -0.2) is 0 Å². The Hall–Kier alpha value is -2.01. The van der Waals surface area contributed by atoms with Crippen LogP contribution >= 0.6 is 11.3 Å². The lowest BCUT2D eigenvalue weighted by atomic mass is 10.1. The molecule has 0 aliphatic carbocycles. The van der Waals surface area contributed by atoms with Crippen molar-refractivity contribution in [2.24, 2.45) is 4.99 Å². The molecule has 1 aromatic carbocycles. The Morgan fingerprint density at radius 1 is 1.17 bits per heavy atom. The highest BCUT2D eigenvalue weighted by atomic mass is 32.1. The summed E-state index contributed by atoms with van der Waals surface area (Å²) in [6.07, 6.45) is 0.926. The van der Waals surface area contributed by atoms with Crippen molar-refractivity contribution in [2.75, 3.05) is 20.7 Å². The molecule has 0 atom stereocenters. The summed E-state index contributed by atoms with van der Waals surface area (Å²) in [5.41, 5.74) is 2.41. The van der Waals surface area contributed by atoms with Crippen LogP contribution in [-0.2, 0) is 13.0 Å². The fourth-order valence-electron chi connectivity index (χ4n) is 2.32. The Kier molecular flexibility index (Phi) is 6.47. The summed E-state index contributed by atoms with van der Waals surface area (Å²) >= 11 is 1.81. The van der Waals surface area contributed by atoms with Gasteiger partial charge in [-0.05, 0) is 49.6 Å². The first-order chi connectivity index (χ1) is 11.1. The SMILES string of the molecule is CN=C(NCCc1ccc(C)c(OC)c1)NCc1ccc(C)s1. The zero-order chi connectivity index (χ0) is 16.7. The van der Waals surface area contributed by atoms with Crippen LogP contribution in [0.2, 0.25) is 0 Å². The van der Waals surface area contributed by atoms with Crippen LogP contribution in [0.3, 0.4) is 0 Å². The van der Waals surface area contributed by atoms with Crippen molar-refractivity contribution in [1.82, 2.24) is 10.6 Å². The molecule has 0 amide bonds. The van der Waals surface area contributed by atoms with Gasteiger partial charge in [-0.2, -0.15) is 0 Å². The quantitative estimate of drug-likeness (QED) is 0.631. The Balaban J connectivity index is 1.79. The van der Waals surface area contributed by atoms with E-state index in [4.69, 9.17) is 4.74 Å². The monoisotopic (exact) mass is 331 g/mol. The first kappa shape index (κ1) is 17.3. The van der Waals surface area contributed by atoms with Gasteiger partial charge in [-0.15, -0.1) is 11.3 Å². The number of hydrogen-bond donors (Lipinski definition) is 2. The second-order valence-electron chi connectivity index (χ2n) is 5.42. The Labute approximate surface area is 142 Å². The van der Waals surface area contributed by atoms with E-state index in [2.05, 4.69) is 59.8 Å². The molecule has 1 heterocycles. The number of rotatable bonds is 6. The fourth-order valence-corrected chi connectivity index (χ4v) is 3.15. The number of aryl methyl sites for hydroxylation is 2. The second kappa shape index (κ2) is 8.58. The third kappa shape index (κ3) is 5.28. The van der Waals surface area contributed by atoms with Crippen LogP contribution in [0.4, 0.5) is 0 Å². The maximum absolute atomic E-state index is 5.37. The number of benzene rings is 1. The normalized spacial score (nSPS) is 11.4. The molecule has 1 aromatic heterocycles. The van der Waals surface area contributed by atoms with E-state index in [1.54, 1.807) is 14.2 Å². The predicted molar refractivity (Wildman–Crippen MR) is 98.7 cm³/mol. The van der Waals surface area contributed by atoms with Crippen molar-refractivity contribution in [3.05, 3.63) is 51.2 Å². The molecular formula is C18H25N3OS. The second-order valence-corrected chi connectivity index (χ2v) is 6.79. The summed E-state index contributed by atoms with van der Waals surface area (Å²) in [6, 6.07) is 10.6. The maximum Gasteiger partial charge on any atom is 0.191 e. The van der Waals surface area contributed by atoms with Crippen LogP contribution in [0, 0.1) is 13.8 Å². The van der Waals surface area contributed by atoms with Crippen molar-refractivity contribution in [2.45, 2.75) is 26.8 Å². The molecule has 2 rings (SSSR count). The molecule has 2 N–H and O–H groups in total. The van der Waals surface area contributed by atoms with Gasteiger partial charge in [0.25, 0.3) is 0 Å². The average Bonchev–Trinajstić information content (AvgIpc) is 2.97. The topological polar surface area (TPSA) is 45.7 Å². The summed E-state index contributed by atoms with van der Waals surface area (Å²) in [6.45, 7) is 5.81. The molecule has 4 nitrogen and oxygen atoms in total. The van der Waals surface area contributed by atoms with Gasteiger partial charge >= 0.3 is 0 Å². The first-order valence-electron chi connectivity index (χ1n) is 7.75. The van der Waals surface area contributed by atoms with Gasteiger partial charge in [-0.3, -0.25) is 4.99 Å². The number of ether oxygens (including phenoxy) is 1. The fraction of sp³-hybridized carbons (Fsp3) is 0.389. The molecule has 0 spiro atoms. The molecule has 0 saturated heterocycles. The molecule has 2 aromatic rings. The van der Waals surface area contributed by atoms with E-state index in [0.29, 0.717) is 0 Å². The summed E-state index contributed by atoms with van der Waals surface area (Å²) < 4.78 is 5.37. The minimum absolute atomic E-state index is 0.802. The molecule has 0 bridgehead atoms. The predicted octanol–water partition coefficient (Wildman–Crippen LogP) is 3.28. The molecule has 23 heavy (non-hydrogen) atoms. The van der Waals surface area contributed by atoms with Crippen molar-refractivity contribution in [3.8, 4) is 5.75 Å². The van der Waals surface area contributed by atoms with Crippen molar-refractivity contribution in [1.29, 1.82) is 0 Å². The van der Waals surface area contributed by atoms with E-state index >= 15 is 0 Å². The number of guanidine groups is 1. The van der Waals surface area contributed by atoms with Gasteiger partial charge in [0.15, 0.2) is 5.96 Å². The van der Waals surface area contributed by atoms with Crippen molar-refractivity contribution >= 4 is 17.3 Å². The number of nitrogens with zero attached hydrogens (tertiary/aromatic N) is 1. The van der Waals surface area contributed by atoms with E-state index in [1.165, 1.54) is 15.3 Å². The summed E-state index contributed by atoms with van der Waals surface area (Å²) in [7, 11) is 3.51. The van der Waals surface area contributed by atoms with Gasteiger partial charge in [0.1, 0.15) is 5.75 Å². The van der Waals surface area contributed by atoms with Crippen LogP contribution < -0.4 is 15.4 Å². The first-order valence-corrected chi connectivity index (χ1v) is 8.57. The largest absolute Gasteiger partial charge is 0.496 e. The average molecular weight is 331 g/mol. The molecule has 5 heteroatoms. The van der Waals surface area contributed by atoms with Gasteiger partial charge < -0.3 is 15.4 Å². The Bertz CT molecular complexity index is 664. The molecule has 0 aliphatic rings. The number of methoxy groups -OCH3 is 1. The van der Waals surface area contributed by atoms with Gasteiger partial charge in [0.2, 0.25) is 0 Å². The van der Waals surface area contributed by atoms with Crippen LogP contribution in [0.15, 0.2) is 35.3 Å². The smallest absolute Gasteiger partial charge is 0.191 e.